The molecule has 7 heteroatoms. The largest absolute Gasteiger partial charge is 0.493 e. The molecule has 6 nitrogen and oxygen atoms in total. The van der Waals surface area contributed by atoms with Crippen LogP contribution in [0.25, 0.3) is 0 Å². The minimum Gasteiger partial charge on any atom is -0.493 e. The van der Waals surface area contributed by atoms with Crippen molar-refractivity contribution in [3.63, 3.8) is 0 Å². The molecule has 1 aromatic heterocycles. The van der Waals surface area contributed by atoms with Gasteiger partial charge >= 0.3 is 0 Å². The molecule has 0 spiro atoms. The monoisotopic (exact) mass is 397 g/mol. The first kappa shape index (κ1) is 19.5. The lowest BCUT2D eigenvalue weighted by Crippen LogP contribution is -2.13. The number of rotatable bonds is 6. The van der Waals surface area contributed by atoms with E-state index in [0.717, 1.165) is 11.3 Å². The number of aryl methyl sites for hydroxylation is 1. The quantitative estimate of drug-likeness (QED) is 0.608. The number of benzene rings is 2. The Morgan fingerprint density at radius 1 is 0.964 bits per heavy atom. The van der Waals surface area contributed by atoms with E-state index in [9.17, 15) is 4.79 Å². The summed E-state index contributed by atoms with van der Waals surface area (Å²) in [6, 6.07) is 12.5. The summed E-state index contributed by atoms with van der Waals surface area (Å²) in [5.74, 6) is 0.985. The molecule has 2 aromatic carbocycles. The third kappa shape index (κ3) is 4.53. The van der Waals surface area contributed by atoms with Crippen molar-refractivity contribution < 1.29 is 14.3 Å². The van der Waals surface area contributed by atoms with Gasteiger partial charge in [0, 0.05) is 28.7 Å². The van der Waals surface area contributed by atoms with Gasteiger partial charge in [-0.1, -0.05) is 11.6 Å². The van der Waals surface area contributed by atoms with E-state index >= 15 is 0 Å². The molecule has 0 saturated heterocycles. The Balaban J connectivity index is 1.77. The van der Waals surface area contributed by atoms with E-state index in [-0.39, 0.29) is 5.91 Å². The Bertz CT molecular complexity index is 1010. The van der Waals surface area contributed by atoms with Crippen LogP contribution in [0.4, 0.5) is 17.1 Å². The molecule has 0 radical (unpaired) electrons. The van der Waals surface area contributed by atoms with Gasteiger partial charge in [0.2, 0.25) is 0 Å². The molecule has 3 rings (SSSR count). The fourth-order valence-electron chi connectivity index (χ4n) is 2.67. The maximum absolute atomic E-state index is 12.6. The summed E-state index contributed by atoms with van der Waals surface area (Å²) in [6.07, 6.45) is 3.15. The third-order valence-electron chi connectivity index (χ3n) is 4.11. The minimum absolute atomic E-state index is 0.256. The number of ether oxygens (including phenoxy) is 2. The van der Waals surface area contributed by atoms with Gasteiger partial charge in [0.15, 0.2) is 11.5 Å². The average molecular weight is 398 g/mol. The third-order valence-corrected chi connectivity index (χ3v) is 4.34. The van der Waals surface area contributed by atoms with Crippen molar-refractivity contribution >= 4 is 34.6 Å². The summed E-state index contributed by atoms with van der Waals surface area (Å²) in [5, 5.41) is 6.71. The highest BCUT2D eigenvalue weighted by Crippen LogP contribution is 2.31. The fraction of sp³-hybridized carbons (Fsp3) is 0.143. The first-order chi connectivity index (χ1) is 13.5. The molecule has 0 fully saturated rings. The number of anilines is 3. The zero-order chi connectivity index (χ0) is 20.1. The van der Waals surface area contributed by atoms with Crippen LogP contribution in [0.5, 0.6) is 11.5 Å². The number of carbonyl (C=O) groups excluding carboxylic acids is 1. The molecule has 1 amide bonds. The summed E-state index contributed by atoms with van der Waals surface area (Å²) in [4.78, 5) is 16.7. The van der Waals surface area contributed by atoms with Gasteiger partial charge in [-0.3, -0.25) is 9.78 Å². The molecule has 0 bridgehead atoms. The lowest BCUT2D eigenvalue weighted by Gasteiger charge is -2.12. The number of amides is 1. The molecule has 0 aliphatic heterocycles. The van der Waals surface area contributed by atoms with Crippen LogP contribution in [0, 0.1) is 6.92 Å². The molecule has 1 heterocycles. The fourth-order valence-corrected chi connectivity index (χ4v) is 2.90. The Labute approximate surface area is 168 Å². The minimum atomic E-state index is -0.256. The lowest BCUT2D eigenvalue weighted by atomic mass is 10.2. The highest BCUT2D eigenvalue weighted by atomic mass is 35.5. The summed E-state index contributed by atoms with van der Waals surface area (Å²) < 4.78 is 10.5. The van der Waals surface area contributed by atoms with Gasteiger partial charge < -0.3 is 20.1 Å². The van der Waals surface area contributed by atoms with E-state index in [1.807, 2.05) is 19.1 Å². The number of hydrogen-bond donors (Lipinski definition) is 2. The van der Waals surface area contributed by atoms with Crippen LogP contribution in [0.2, 0.25) is 5.02 Å². The zero-order valence-corrected chi connectivity index (χ0v) is 16.5. The van der Waals surface area contributed by atoms with Crippen molar-refractivity contribution in [2.75, 3.05) is 24.9 Å². The molecule has 0 atom stereocenters. The van der Waals surface area contributed by atoms with Crippen molar-refractivity contribution in [1.82, 2.24) is 4.98 Å². The number of hydrogen-bond acceptors (Lipinski definition) is 5. The zero-order valence-electron chi connectivity index (χ0n) is 15.7. The molecule has 144 valence electrons. The average Bonchev–Trinajstić information content (AvgIpc) is 2.70. The van der Waals surface area contributed by atoms with E-state index in [0.29, 0.717) is 33.5 Å². The number of nitrogens with one attached hydrogen (secondary N) is 2. The van der Waals surface area contributed by atoms with Crippen LogP contribution < -0.4 is 20.1 Å². The predicted octanol–water partition coefficient (Wildman–Crippen LogP) is 5.06. The van der Waals surface area contributed by atoms with Crippen LogP contribution in [0.1, 0.15) is 15.9 Å². The van der Waals surface area contributed by atoms with Gasteiger partial charge in [-0.15, -0.1) is 0 Å². The second-order valence-electron chi connectivity index (χ2n) is 6.07. The molecule has 0 saturated carbocycles. The number of pyridine rings is 1. The Kier molecular flexibility index (Phi) is 6.01. The highest BCUT2D eigenvalue weighted by Gasteiger charge is 2.10. The molecule has 0 aliphatic rings. The van der Waals surface area contributed by atoms with Gasteiger partial charge in [-0.05, 0) is 48.9 Å². The second-order valence-corrected chi connectivity index (χ2v) is 6.51. The van der Waals surface area contributed by atoms with Crippen molar-refractivity contribution in [2.45, 2.75) is 6.92 Å². The van der Waals surface area contributed by atoms with E-state index in [2.05, 4.69) is 15.6 Å². The number of nitrogens with zero attached hydrogens (tertiary/aromatic N) is 1. The van der Waals surface area contributed by atoms with Gasteiger partial charge in [0.1, 0.15) is 0 Å². The smallest absolute Gasteiger partial charge is 0.257 e. The number of aromatic nitrogens is 1. The first-order valence-electron chi connectivity index (χ1n) is 8.52. The van der Waals surface area contributed by atoms with Gasteiger partial charge in [0.05, 0.1) is 31.7 Å². The molecule has 0 unspecified atom stereocenters. The van der Waals surface area contributed by atoms with Gasteiger partial charge in [0.25, 0.3) is 5.91 Å². The Morgan fingerprint density at radius 2 is 1.75 bits per heavy atom. The lowest BCUT2D eigenvalue weighted by molar-refractivity contribution is 0.102. The van der Waals surface area contributed by atoms with Crippen molar-refractivity contribution in [2.24, 2.45) is 0 Å². The molecular weight excluding hydrogens is 378 g/mol. The molecule has 28 heavy (non-hydrogen) atoms. The standard InChI is InChI=1S/C21H20ClN3O3/c1-13-8-15(22)4-6-18(13)25-21(26)14-9-17(12-23-11-14)24-16-5-7-19(27-2)20(10-16)28-3/h4-12,24H,1-3H3,(H,25,26). The van der Waals surface area contributed by atoms with Gasteiger partial charge in [-0.25, -0.2) is 0 Å². The molecule has 3 aromatic rings. The van der Waals surface area contributed by atoms with Gasteiger partial charge in [-0.2, -0.15) is 0 Å². The molecule has 0 aliphatic carbocycles. The van der Waals surface area contributed by atoms with E-state index in [4.69, 9.17) is 21.1 Å². The van der Waals surface area contributed by atoms with Crippen molar-refractivity contribution in [1.29, 1.82) is 0 Å². The molecular formula is C21H20ClN3O3. The predicted molar refractivity (Wildman–Crippen MR) is 111 cm³/mol. The normalized spacial score (nSPS) is 10.3. The maximum Gasteiger partial charge on any atom is 0.257 e. The topological polar surface area (TPSA) is 72.5 Å². The number of carbonyl (C=O) groups is 1. The number of halogens is 1. The molecule has 2 N–H and O–H groups in total. The van der Waals surface area contributed by atoms with Crippen molar-refractivity contribution in [3.05, 3.63) is 71.0 Å². The van der Waals surface area contributed by atoms with E-state index < -0.39 is 0 Å². The van der Waals surface area contributed by atoms with Crippen LogP contribution in [0.15, 0.2) is 54.9 Å². The van der Waals surface area contributed by atoms with Crippen LogP contribution >= 0.6 is 11.6 Å². The van der Waals surface area contributed by atoms with Crippen LogP contribution in [-0.2, 0) is 0 Å². The second kappa shape index (κ2) is 8.63. The van der Waals surface area contributed by atoms with Crippen LogP contribution in [0.3, 0.4) is 0 Å². The summed E-state index contributed by atoms with van der Waals surface area (Å²) >= 11 is 5.96. The SMILES string of the molecule is COc1ccc(Nc2cncc(C(=O)Nc3ccc(Cl)cc3C)c2)cc1OC. The van der Waals surface area contributed by atoms with E-state index in [1.54, 1.807) is 50.7 Å². The maximum atomic E-state index is 12.6. The van der Waals surface area contributed by atoms with Crippen molar-refractivity contribution in [3.8, 4) is 11.5 Å². The summed E-state index contributed by atoms with van der Waals surface area (Å²) in [6.45, 7) is 1.88. The summed E-state index contributed by atoms with van der Waals surface area (Å²) in [7, 11) is 3.16. The first-order valence-corrected chi connectivity index (χ1v) is 8.89. The highest BCUT2D eigenvalue weighted by molar-refractivity contribution is 6.30. The number of methoxy groups -OCH3 is 2. The summed E-state index contributed by atoms with van der Waals surface area (Å²) in [5.41, 5.74) is 3.47. The Morgan fingerprint density at radius 3 is 2.46 bits per heavy atom. The Hall–Kier alpha value is -3.25. The van der Waals surface area contributed by atoms with E-state index in [1.165, 1.54) is 6.20 Å². The van der Waals surface area contributed by atoms with Crippen LogP contribution in [-0.4, -0.2) is 25.1 Å².